The Hall–Kier alpha value is -1.67. The minimum atomic E-state index is -0.253. The number of aromatic nitrogens is 3. The molecule has 8 nitrogen and oxygen atoms in total. The van der Waals surface area contributed by atoms with Crippen LogP contribution in [0, 0.1) is 0 Å². The summed E-state index contributed by atoms with van der Waals surface area (Å²) in [7, 11) is 6.99. The fourth-order valence-electron chi connectivity index (χ4n) is 1.26. The summed E-state index contributed by atoms with van der Waals surface area (Å²) in [5.74, 6) is 1.39. The van der Waals surface area contributed by atoms with Crippen LogP contribution in [0.25, 0.3) is 0 Å². The zero-order chi connectivity index (χ0) is 13.5. The van der Waals surface area contributed by atoms with E-state index in [4.69, 9.17) is 4.74 Å². The molecule has 18 heavy (non-hydrogen) atoms. The zero-order valence-electron chi connectivity index (χ0n) is 11.1. The predicted molar refractivity (Wildman–Crippen MR) is 70.1 cm³/mol. The molecule has 1 unspecified atom stereocenters. The van der Waals surface area contributed by atoms with Crippen molar-refractivity contribution in [2.45, 2.75) is 6.04 Å². The van der Waals surface area contributed by atoms with Crippen molar-refractivity contribution in [1.29, 1.82) is 0 Å². The third-order valence-electron chi connectivity index (χ3n) is 2.17. The van der Waals surface area contributed by atoms with Crippen LogP contribution in [0.2, 0.25) is 0 Å². The van der Waals surface area contributed by atoms with E-state index < -0.39 is 0 Å². The maximum absolute atomic E-state index is 9.18. The van der Waals surface area contributed by atoms with Crippen LogP contribution in [0.5, 0.6) is 0 Å². The molecule has 0 bridgehead atoms. The van der Waals surface area contributed by atoms with Crippen LogP contribution in [0.1, 0.15) is 0 Å². The second-order valence-electron chi connectivity index (χ2n) is 3.91. The van der Waals surface area contributed by atoms with E-state index in [9.17, 15) is 5.11 Å². The van der Waals surface area contributed by atoms with E-state index in [0.29, 0.717) is 24.5 Å². The van der Waals surface area contributed by atoms with Crippen LogP contribution in [0.4, 0.5) is 17.8 Å². The molecule has 0 radical (unpaired) electrons. The van der Waals surface area contributed by atoms with Gasteiger partial charge in [-0.2, -0.15) is 15.0 Å². The van der Waals surface area contributed by atoms with E-state index in [1.165, 1.54) is 0 Å². The van der Waals surface area contributed by atoms with Gasteiger partial charge in [0.25, 0.3) is 0 Å². The number of methoxy groups -OCH3 is 1. The number of rotatable bonds is 7. The lowest BCUT2D eigenvalue weighted by Crippen LogP contribution is -2.30. The lowest BCUT2D eigenvalue weighted by Gasteiger charge is -2.17. The Morgan fingerprint density at radius 1 is 1.28 bits per heavy atom. The van der Waals surface area contributed by atoms with Gasteiger partial charge in [0.15, 0.2) is 0 Å². The Labute approximate surface area is 106 Å². The Bertz CT molecular complexity index is 373. The predicted octanol–water partition coefficient (Wildman–Crippen LogP) is -0.601. The minimum absolute atomic E-state index is 0.0638. The van der Waals surface area contributed by atoms with Gasteiger partial charge in [-0.05, 0) is 0 Å². The molecule has 0 amide bonds. The van der Waals surface area contributed by atoms with E-state index in [1.807, 2.05) is 14.1 Å². The van der Waals surface area contributed by atoms with E-state index in [1.54, 1.807) is 19.1 Å². The molecule has 8 heteroatoms. The maximum Gasteiger partial charge on any atom is 0.231 e. The first-order chi connectivity index (χ1) is 8.60. The second kappa shape index (κ2) is 6.92. The van der Waals surface area contributed by atoms with Gasteiger partial charge in [-0.15, -0.1) is 0 Å². The van der Waals surface area contributed by atoms with Gasteiger partial charge in [-0.1, -0.05) is 0 Å². The average Bonchev–Trinajstić information content (AvgIpc) is 2.37. The van der Waals surface area contributed by atoms with Crippen molar-refractivity contribution in [3.63, 3.8) is 0 Å². The van der Waals surface area contributed by atoms with Gasteiger partial charge < -0.3 is 25.4 Å². The standard InChI is InChI=1S/C10H20N6O2/c1-11-8-13-9(12-7(5-17)6-18-4)15-10(14-8)16(2)3/h7,17H,5-6H2,1-4H3,(H2,11,12,13,14,15). The second-order valence-corrected chi connectivity index (χ2v) is 3.91. The van der Waals surface area contributed by atoms with Gasteiger partial charge in [-0.3, -0.25) is 0 Å². The van der Waals surface area contributed by atoms with Crippen molar-refractivity contribution in [2.75, 3.05) is 57.0 Å². The Morgan fingerprint density at radius 2 is 1.94 bits per heavy atom. The number of hydrogen-bond donors (Lipinski definition) is 3. The van der Waals surface area contributed by atoms with Crippen LogP contribution in [-0.4, -0.2) is 67.6 Å². The molecule has 0 aliphatic carbocycles. The average molecular weight is 256 g/mol. The first kappa shape index (κ1) is 14.4. The summed E-state index contributed by atoms with van der Waals surface area (Å²) in [6, 6.07) is -0.253. The molecule has 1 rings (SSSR count). The van der Waals surface area contributed by atoms with Crippen molar-refractivity contribution >= 4 is 17.8 Å². The van der Waals surface area contributed by atoms with Gasteiger partial charge >= 0.3 is 0 Å². The smallest absolute Gasteiger partial charge is 0.231 e. The summed E-state index contributed by atoms with van der Waals surface area (Å²) in [6.07, 6.45) is 0. The highest BCUT2D eigenvalue weighted by Gasteiger charge is 2.12. The number of nitrogens with zero attached hydrogens (tertiary/aromatic N) is 4. The number of anilines is 3. The molecular formula is C10H20N6O2. The van der Waals surface area contributed by atoms with Crippen molar-refractivity contribution < 1.29 is 9.84 Å². The van der Waals surface area contributed by atoms with Crippen LogP contribution in [0.3, 0.4) is 0 Å². The molecule has 0 aliphatic heterocycles. The van der Waals surface area contributed by atoms with E-state index in [-0.39, 0.29) is 12.6 Å². The number of aliphatic hydroxyl groups excluding tert-OH is 1. The molecule has 0 fully saturated rings. The van der Waals surface area contributed by atoms with Gasteiger partial charge in [0, 0.05) is 28.3 Å². The fraction of sp³-hybridized carbons (Fsp3) is 0.700. The van der Waals surface area contributed by atoms with Crippen molar-refractivity contribution in [3.05, 3.63) is 0 Å². The number of nitrogens with one attached hydrogen (secondary N) is 2. The number of hydrogen-bond acceptors (Lipinski definition) is 8. The lowest BCUT2D eigenvalue weighted by atomic mass is 10.3. The first-order valence-electron chi connectivity index (χ1n) is 5.58. The Balaban J connectivity index is 2.89. The third kappa shape index (κ3) is 3.97. The topological polar surface area (TPSA) is 95.4 Å². The molecule has 102 valence electrons. The largest absolute Gasteiger partial charge is 0.394 e. The number of ether oxygens (including phenoxy) is 1. The molecule has 0 aromatic carbocycles. The summed E-state index contributed by atoms with van der Waals surface area (Å²) >= 11 is 0. The van der Waals surface area contributed by atoms with Gasteiger partial charge in [0.1, 0.15) is 0 Å². The summed E-state index contributed by atoms with van der Waals surface area (Å²) in [6.45, 7) is 0.306. The highest BCUT2D eigenvalue weighted by molar-refractivity contribution is 5.43. The normalized spacial score (nSPS) is 12.1. The number of aliphatic hydroxyl groups is 1. The molecule has 1 aromatic rings. The zero-order valence-corrected chi connectivity index (χ0v) is 11.1. The minimum Gasteiger partial charge on any atom is -0.394 e. The molecule has 0 saturated heterocycles. The molecular weight excluding hydrogens is 236 g/mol. The van der Waals surface area contributed by atoms with Gasteiger partial charge in [0.05, 0.1) is 19.3 Å². The van der Waals surface area contributed by atoms with E-state index >= 15 is 0 Å². The van der Waals surface area contributed by atoms with Crippen LogP contribution >= 0.6 is 0 Å². The highest BCUT2D eigenvalue weighted by atomic mass is 16.5. The summed E-state index contributed by atoms with van der Waals surface area (Å²) in [4.78, 5) is 14.4. The Kier molecular flexibility index (Phi) is 5.53. The van der Waals surface area contributed by atoms with E-state index in [0.717, 1.165) is 0 Å². The summed E-state index contributed by atoms with van der Waals surface area (Å²) in [5.41, 5.74) is 0. The van der Waals surface area contributed by atoms with Crippen molar-refractivity contribution in [3.8, 4) is 0 Å². The van der Waals surface area contributed by atoms with Crippen molar-refractivity contribution in [1.82, 2.24) is 15.0 Å². The SMILES string of the molecule is CNc1nc(NC(CO)COC)nc(N(C)C)n1. The van der Waals surface area contributed by atoms with Crippen LogP contribution in [-0.2, 0) is 4.74 Å². The van der Waals surface area contributed by atoms with Crippen LogP contribution < -0.4 is 15.5 Å². The molecule has 3 N–H and O–H groups in total. The molecule has 1 atom stereocenters. The quantitative estimate of drug-likeness (QED) is 0.595. The first-order valence-corrected chi connectivity index (χ1v) is 5.58. The fourth-order valence-corrected chi connectivity index (χ4v) is 1.26. The summed E-state index contributed by atoms with van der Waals surface area (Å²) < 4.78 is 4.98. The van der Waals surface area contributed by atoms with Gasteiger partial charge in [-0.25, -0.2) is 0 Å². The summed E-state index contributed by atoms with van der Waals surface area (Å²) in [5, 5.41) is 15.0. The highest BCUT2D eigenvalue weighted by Crippen LogP contribution is 2.11. The monoisotopic (exact) mass is 256 g/mol. The third-order valence-corrected chi connectivity index (χ3v) is 2.17. The maximum atomic E-state index is 9.18. The van der Waals surface area contributed by atoms with Crippen molar-refractivity contribution in [2.24, 2.45) is 0 Å². The van der Waals surface area contributed by atoms with Gasteiger partial charge in [0.2, 0.25) is 17.8 Å². The molecule has 0 saturated carbocycles. The molecule has 1 heterocycles. The lowest BCUT2D eigenvalue weighted by molar-refractivity contribution is 0.153. The molecule has 0 spiro atoms. The molecule has 0 aliphatic rings. The Morgan fingerprint density at radius 3 is 2.44 bits per heavy atom. The molecule has 1 aromatic heterocycles. The van der Waals surface area contributed by atoms with E-state index in [2.05, 4.69) is 25.6 Å². The van der Waals surface area contributed by atoms with Crippen LogP contribution in [0.15, 0.2) is 0 Å².